The molecule has 36 heavy (non-hydrogen) atoms. The molecule has 1 aliphatic carbocycles. The highest BCUT2D eigenvalue weighted by molar-refractivity contribution is 6.02. The highest BCUT2D eigenvalue weighted by atomic mass is 19.1. The maximum absolute atomic E-state index is 15.9. The molecule has 1 aromatic carbocycles. The quantitative estimate of drug-likeness (QED) is 0.635. The zero-order chi connectivity index (χ0) is 24.9. The Balaban J connectivity index is 1.14. The third-order valence-corrected chi connectivity index (χ3v) is 9.74. The van der Waals surface area contributed by atoms with Crippen LogP contribution in [0.1, 0.15) is 87.3 Å². The lowest BCUT2D eigenvalue weighted by atomic mass is 9.67. The van der Waals surface area contributed by atoms with Gasteiger partial charge in [0.25, 0.3) is 0 Å². The number of piperidine rings is 3. The van der Waals surface area contributed by atoms with Crippen molar-refractivity contribution in [2.75, 3.05) is 26.2 Å². The van der Waals surface area contributed by atoms with Crippen molar-refractivity contribution >= 4 is 22.7 Å². The Bertz CT molecular complexity index is 1150. The normalized spacial score (nSPS) is 26.6. The van der Waals surface area contributed by atoms with Gasteiger partial charge in [0, 0.05) is 24.9 Å². The highest BCUT2D eigenvalue weighted by Gasteiger charge is 2.39. The number of benzene rings is 1. The van der Waals surface area contributed by atoms with E-state index in [1.807, 2.05) is 12.1 Å². The molecule has 1 atom stereocenters. The molecule has 4 fully saturated rings. The monoisotopic (exact) mass is 495 g/mol. The summed E-state index contributed by atoms with van der Waals surface area (Å²) in [7, 11) is 1.74. The van der Waals surface area contributed by atoms with Crippen molar-refractivity contribution in [3.63, 3.8) is 0 Å². The van der Waals surface area contributed by atoms with E-state index in [0.29, 0.717) is 34.5 Å². The summed E-state index contributed by atoms with van der Waals surface area (Å²) in [5.41, 5.74) is 2.40. The van der Waals surface area contributed by atoms with Crippen molar-refractivity contribution in [2.24, 2.45) is 12.5 Å². The summed E-state index contributed by atoms with van der Waals surface area (Å²) < 4.78 is 17.4. The maximum atomic E-state index is 15.9. The van der Waals surface area contributed by atoms with E-state index in [-0.39, 0.29) is 30.0 Å². The Kier molecular flexibility index (Phi) is 6.36. The number of nitrogens with zero attached hydrogens (tertiary/aromatic N) is 3. The minimum Gasteiger partial charge on any atom is -0.317 e. The van der Waals surface area contributed by atoms with Crippen LogP contribution in [0.5, 0.6) is 0 Å². The van der Waals surface area contributed by atoms with Crippen LogP contribution < -0.4 is 10.6 Å². The second-order valence-electron chi connectivity index (χ2n) is 11.7. The van der Waals surface area contributed by atoms with E-state index >= 15 is 4.39 Å². The number of halogens is 1. The fourth-order valence-electron chi connectivity index (χ4n) is 7.51. The molecule has 8 heteroatoms. The number of fused-ring (bicyclic) bond motifs is 1. The van der Waals surface area contributed by atoms with Crippen LogP contribution in [0, 0.1) is 11.2 Å². The summed E-state index contributed by atoms with van der Waals surface area (Å²) in [4.78, 5) is 26.7. The van der Waals surface area contributed by atoms with E-state index in [1.165, 1.54) is 51.6 Å². The van der Waals surface area contributed by atoms with Crippen molar-refractivity contribution in [3.8, 4) is 0 Å². The van der Waals surface area contributed by atoms with E-state index in [1.54, 1.807) is 11.7 Å². The van der Waals surface area contributed by atoms with Gasteiger partial charge >= 0.3 is 0 Å². The van der Waals surface area contributed by atoms with Gasteiger partial charge < -0.3 is 10.2 Å². The standard InChI is InChI=1S/C28H38FN5O2/c1-33-26-21(25(32-33)22-4-5-23(35)31-27(22)36)3-2-20(24(26)29)18-8-16-34(17-9-18)19-6-10-28(11-7-19)12-14-30-15-13-28/h2-3,18-19,22,30H,4-17H2,1H3,(H,31,35,36). The Labute approximate surface area is 212 Å². The Hall–Kier alpha value is -2.32. The van der Waals surface area contributed by atoms with Gasteiger partial charge in [-0.1, -0.05) is 12.1 Å². The first-order valence-electron chi connectivity index (χ1n) is 13.9. The number of aryl methyl sites for hydroxylation is 1. The smallest absolute Gasteiger partial charge is 0.235 e. The zero-order valence-electron chi connectivity index (χ0n) is 21.3. The van der Waals surface area contributed by atoms with Crippen molar-refractivity contribution in [1.82, 2.24) is 25.3 Å². The van der Waals surface area contributed by atoms with Crippen LogP contribution in [0.15, 0.2) is 12.1 Å². The molecule has 4 heterocycles. The lowest BCUT2D eigenvalue weighted by Crippen LogP contribution is -2.46. The van der Waals surface area contributed by atoms with Crippen LogP contribution in [0.3, 0.4) is 0 Å². The number of carbonyl (C=O) groups is 2. The van der Waals surface area contributed by atoms with Crippen LogP contribution in [-0.2, 0) is 16.6 Å². The first-order valence-corrected chi connectivity index (χ1v) is 13.9. The van der Waals surface area contributed by atoms with Crippen molar-refractivity contribution in [1.29, 1.82) is 0 Å². The van der Waals surface area contributed by atoms with Gasteiger partial charge in [0.1, 0.15) is 5.52 Å². The molecule has 3 saturated heterocycles. The van der Waals surface area contributed by atoms with Gasteiger partial charge in [-0.25, -0.2) is 4.39 Å². The highest BCUT2D eigenvalue weighted by Crippen LogP contribution is 2.45. The number of aromatic nitrogens is 2. The van der Waals surface area contributed by atoms with E-state index in [4.69, 9.17) is 0 Å². The number of imide groups is 1. The van der Waals surface area contributed by atoms with Crippen LogP contribution in [-0.4, -0.2) is 58.7 Å². The van der Waals surface area contributed by atoms with Crippen LogP contribution >= 0.6 is 0 Å². The third-order valence-electron chi connectivity index (χ3n) is 9.74. The SMILES string of the molecule is Cn1nc(C2CCC(=O)NC2=O)c2ccc(C3CCN(C4CCC5(CCNCC5)CC4)CC3)c(F)c21. The molecular weight excluding hydrogens is 457 g/mol. The third kappa shape index (κ3) is 4.26. The molecule has 1 spiro atoms. The van der Waals surface area contributed by atoms with Gasteiger partial charge in [-0.3, -0.25) is 19.6 Å². The topological polar surface area (TPSA) is 79.3 Å². The van der Waals surface area contributed by atoms with E-state index < -0.39 is 5.92 Å². The van der Waals surface area contributed by atoms with E-state index in [0.717, 1.165) is 31.5 Å². The van der Waals surface area contributed by atoms with Crippen molar-refractivity contribution in [3.05, 3.63) is 29.2 Å². The molecule has 7 nitrogen and oxygen atoms in total. The molecule has 2 amide bonds. The Morgan fingerprint density at radius 1 is 1.00 bits per heavy atom. The predicted molar refractivity (Wildman–Crippen MR) is 136 cm³/mol. The summed E-state index contributed by atoms with van der Waals surface area (Å²) in [5.74, 6) is -1.10. The number of carbonyl (C=O) groups excluding carboxylic acids is 2. The zero-order valence-corrected chi connectivity index (χ0v) is 21.3. The van der Waals surface area contributed by atoms with Crippen LogP contribution in [0.2, 0.25) is 0 Å². The average Bonchev–Trinajstić information content (AvgIpc) is 3.22. The van der Waals surface area contributed by atoms with Gasteiger partial charge in [0.2, 0.25) is 11.8 Å². The molecule has 0 radical (unpaired) electrons. The second-order valence-corrected chi connectivity index (χ2v) is 11.7. The fraction of sp³-hybridized carbons (Fsp3) is 0.679. The number of hydrogen-bond donors (Lipinski definition) is 2. The number of amides is 2. The van der Waals surface area contributed by atoms with Gasteiger partial charge in [-0.15, -0.1) is 0 Å². The molecule has 2 aromatic rings. The summed E-state index contributed by atoms with van der Waals surface area (Å²) in [5, 5.41) is 11.1. The maximum Gasteiger partial charge on any atom is 0.235 e. The molecular formula is C28H38FN5O2. The lowest BCUT2D eigenvalue weighted by molar-refractivity contribution is -0.134. The average molecular weight is 496 g/mol. The summed E-state index contributed by atoms with van der Waals surface area (Å²) in [6.45, 7) is 4.43. The summed E-state index contributed by atoms with van der Waals surface area (Å²) in [6.07, 6.45) is 10.7. The Morgan fingerprint density at radius 3 is 2.42 bits per heavy atom. The molecule has 0 bridgehead atoms. The van der Waals surface area contributed by atoms with Gasteiger partial charge in [-0.2, -0.15) is 5.10 Å². The summed E-state index contributed by atoms with van der Waals surface area (Å²) >= 11 is 0. The molecule has 6 rings (SSSR count). The predicted octanol–water partition coefficient (Wildman–Crippen LogP) is 3.72. The second kappa shape index (κ2) is 9.53. The molecule has 1 unspecified atom stereocenters. The molecule has 1 aromatic heterocycles. The number of hydrogen-bond acceptors (Lipinski definition) is 5. The first-order chi connectivity index (χ1) is 17.4. The lowest BCUT2D eigenvalue weighted by Gasteiger charge is -2.47. The van der Waals surface area contributed by atoms with E-state index in [2.05, 4.69) is 20.6 Å². The largest absolute Gasteiger partial charge is 0.317 e. The van der Waals surface area contributed by atoms with E-state index in [9.17, 15) is 9.59 Å². The Morgan fingerprint density at radius 2 is 1.72 bits per heavy atom. The number of rotatable bonds is 3. The van der Waals surface area contributed by atoms with Gasteiger partial charge in [0.15, 0.2) is 5.82 Å². The number of likely N-dealkylation sites (tertiary alicyclic amines) is 1. The van der Waals surface area contributed by atoms with Crippen LogP contribution in [0.25, 0.3) is 10.9 Å². The van der Waals surface area contributed by atoms with Crippen molar-refractivity contribution in [2.45, 2.75) is 82.1 Å². The van der Waals surface area contributed by atoms with Gasteiger partial charge in [0.05, 0.1) is 11.6 Å². The molecule has 4 aliphatic rings. The van der Waals surface area contributed by atoms with Crippen LogP contribution in [0.4, 0.5) is 4.39 Å². The minimum atomic E-state index is -0.514. The fourth-order valence-corrected chi connectivity index (χ4v) is 7.51. The first kappa shape index (κ1) is 24.0. The van der Waals surface area contributed by atoms with Gasteiger partial charge in [-0.05, 0) is 101 Å². The van der Waals surface area contributed by atoms with Crippen molar-refractivity contribution < 1.29 is 14.0 Å². The summed E-state index contributed by atoms with van der Waals surface area (Å²) in [6, 6.07) is 4.54. The minimum absolute atomic E-state index is 0.204. The molecule has 1 saturated carbocycles. The molecule has 2 N–H and O–H groups in total. The number of nitrogens with one attached hydrogen (secondary N) is 2. The molecule has 3 aliphatic heterocycles. The molecule has 194 valence electrons.